The highest BCUT2D eigenvalue weighted by Crippen LogP contribution is 2.28. The number of nitrogens with zero attached hydrogens (tertiary/aromatic N) is 2. The summed E-state index contributed by atoms with van der Waals surface area (Å²) >= 11 is 0. The maximum Gasteiger partial charge on any atom is 0.410 e. The van der Waals surface area contributed by atoms with Gasteiger partial charge in [-0.3, -0.25) is 0 Å². The van der Waals surface area contributed by atoms with Crippen LogP contribution < -0.4 is 10.2 Å². The second-order valence-electron chi connectivity index (χ2n) is 7.33. The summed E-state index contributed by atoms with van der Waals surface area (Å²) in [6.45, 7) is 9.88. The molecule has 1 fully saturated rings. The first-order chi connectivity index (χ1) is 10.9. The molecule has 5 heteroatoms. The fraction of sp³-hybridized carbons (Fsp3) is 0.611. The van der Waals surface area contributed by atoms with Crippen molar-refractivity contribution in [2.24, 2.45) is 0 Å². The molecule has 0 spiro atoms. The second kappa shape index (κ2) is 6.30. The monoisotopic (exact) mass is 317 g/mol. The number of amides is 1. The molecule has 1 amide bonds. The molecular formula is C18H27N3O2. The van der Waals surface area contributed by atoms with E-state index in [0.29, 0.717) is 13.1 Å². The van der Waals surface area contributed by atoms with Gasteiger partial charge in [0.25, 0.3) is 0 Å². The number of hydrogen-bond donors (Lipinski definition) is 1. The highest BCUT2D eigenvalue weighted by molar-refractivity contribution is 5.69. The molecule has 1 aromatic rings. The second-order valence-corrected chi connectivity index (χ2v) is 7.33. The molecule has 1 aromatic carbocycles. The molecule has 0 aromatic heterocycles. The molecule has 2 heterocycles. The van der Waals surface area contributed by atoms with Crippen LogP contribution in [0.4, 0.5) is 16.2 Å². The largest absolute Gasteiger partial charge is 0.444 e. The van der Waals surface area contributed by atoms with Crippen LogP contribution in [0.1, 0.15) is 32.8 Å². The number of fused-ring (bicyclic) bond motifs is 1. The number of anilines is 2. The molecule has 2 aliphatic rings. The zero-order chi connectivity index (χ0) is 16.4. The van der Waals surface area contributed by atoms with E-state index in [1.165, 1.54) is 23.4 Å². The molecule has 3 rings (SSSR count). The lowest BCUT2D eigenvalue weighted by atomic mass is 10.0. The lowest BCUT2D eigenvalue weighted by Crippen LogP contribution is -2.50. The van der Waals surface area contributed by atoms with Crippen LogP contribution in [-0.2, 0) is 11.2 Å². The van der Waals surface area contributed by atoms with Gasteiger partial charge in [0.15, 0.2) is 0 Å². The van der Waals surface area contributed by atoms with Gasteiger partial charge in [0.05, 0.1) is 0 Å². The Morgan fingerprint density at radius 2 is 1.91 bits per heavy atom. The van der Waals surface area contributed by atoms with Crippen molar-refractivity contribution in [1.82, 2.24) is 4.90 Å². The molecule has 2 aliphatic heterocycles. The Kier molecular flexibility index (Phi) is 4.37. The van der Waals surface area contributed by atoms with Crippen LogP contribution in [0.3, 0.4) is 0 Å². The van der Waals surface area contributed by atoms with Crippen LogP contribution in [0, 0.1) is 0 Å². The topological polar surface area (TPSA) is 44.8 Å². The molecule has 0 bridgehead atoms. The predicted octanol–water partition coefficient (Wildman–Crippen LogP) is 3.10. The molecule has 23 heavy (non-hydrogen) atoms. The van der Waals surface area contributed by atoms with Crippen LogP contribution >= 0.6 is 0 Å². The van der Waals surface area contributed by atoms with Gasteiger partial charge in [-0.1, -0.05) is 6.07 Å². The average molecular weight is 317 g/mol. The van der Waals surface area contributed by atoms with Crippen molar-refractivity contribution >= 4 is 17.5 Å². The Bertz CT molecular complexity index is 572. The smallest absolute Gasteiger partial charge is 0.410 e. The van der Waals surface area contributed by atoms with Gasteiger partial charge in [-0.15, -0.1) is 0 Å². The third kappa shape index (κ3) is 3.89. The normalized spacial score (nSPS) is 18.2. The number of benzene rings is 1. The van der Waals surface area contributed by atoms with Gasteiger partial charge >= 0.3 is 6.09 Å². The quantitative estimate of drug-likeness (QED) is 0.864. The van der Waals surface area contributed by atoms with E-state index in [1.54, 1.807) is 4.90 Å². The molecule has 5 nitrogen and oxygen atoms in total. The minimum absolute atomic E-state index is 0.204. The summed E-state index contributed by atoms with van der Waals surface area (Å²) < 4.78 is 5.45. The van der Waals surface area contributed by atoms with Crippen LogP contribution in [0.25, 0.3) is 0 Å². The van der Waals surface area contributed by atoms with E-state index in [0.717, 1.165) is 26.1 Å². The number of carbonyl (C=O) groups excluding carboxylic acids is 1. The molecule has 0 atom stereocenters. The number of piperazine rings is 1. The highest BCUT2D eigenvalue weighted by atomic mass is 16.6. The molecule has 126 valence electrons. The molecule has 0 aliphatic carbocycles. The van der Waals surface area contributed by atoms with E-state index >= 15 is 0 Å². The summed E-state index contributed by atoms with van der Waals surface area (Å²) in [5.41, 5.74) is 3.48. The summed E-state index contributed by atoms with van der Waals surface area (Å²) in [5.74, 6) is 0. The Hall–Kier alpha value is -1.91. The number of hydrogen-bond acceptors (Lipinski definition) is 4. The number of aryl methyl sites for hydroxylation is 1. The lowest BCUT2D eigenvalue weighted by molar-refractivity contribution is 0.0240. The van der Waals surface area contributed by atoms with Gasteiger partial charge in [-0.05, 0) is 51.3 Å². The molecule has 1 saturated heterocycles. The van der Waals surface area contributed by atoms with Gasteiger partial charge in [-0.2, -0.15) is 0 Å². The van der Waals surface area contributed by atoms with Crippen molar-refractivity contribution in [3.63, 3.8) is 0 Å². The van der Waals surface area contributed by atoms with Crippen molar-refractivity contribution < 1.29 is 9.53 Å². The van der Waals surface area contributed by atoms with E-state index in [1.807, 2.05) is 20.8 Å². The summed E-state index contributed by atoms with van der Waals surface area (Å²) in [5, 5.41) is 3.48. The maximum atomic E-state index is 12.1. The maximum absolute atomic E-state index is 12.1. The Balaban J connectivity index is 1.60. The van der Waals surface area contributed by atoms with Crippen LogP contribution in [0.15, 0.2) is 18.2 Å². The number of rotatable bonds is 1. The molecule has 0 saturated carbocycles. The Labute approximate surface area is 138 Å². The standard InChI is InChI=1S/C18H27N3O2/c1-18(2,3)23-17(22)21-11-9-20(10-12-21)15-7-6-14-5-4-8-19-16(14)13-15/h6-7,13,19H,4-5,8-12H2,1-3H3. The minimum Gasteiger partial charge on any atom is -0.444 e. The Morgan fingerprint density at radius 3 is 2.61 bits per heavy atom. The molecule has 1 N–H and O–H groups in total. The SMILES string of the molecule is CC(C)(C)OC(=O)N1CCN(c2ccc3c(c2)NCCC3)CC1. The van der Waals surface area contributed by atoms with Crippen LogP contribution in [0.5, 0.6) is 0 Å². The zero-order valence-electron chi connectivity index (χ0n) is 14.4. The van der Waals surface area contributed by atoms with Gasteiger partial charge in [0.1, 0.15) is 5.60 Å². The van der Waals surface area contributed by atoms with E-state index in [-0.39, 0.29) is 6.09 Å². The first-order valence-corrected chi connectivity index (χ1v) is 8.52. The van der Waals surface area contributed by atoms with Crippen LogP contribution in [0.2, 0.25) is 0 Å². The lowest BCUT2D eigenvalue weighted by Gasteiger charge is -2.37. The number of ether oxygens (including phenoxy) is 1. The van der Waals surface area contributed by atoms with Crippen molar-refractivity contribution in [2.75, 3.05) is 42.9 Å². The van der Waals surface area contributed by atoms with E-state index in [2.05, 4.69) is 28.4 Å². The third-order valence-corrected chi connectivity index (χ3v) is 4.33. The predicted molar refractivity (Wildman–Crippen MR) is 93.3 cm³/mol. The number of nitrogens with one attached hydrogen (secondary N) is 1. The summed E-state index contributed by atoms with van der Waals surface area (Å²) in [6.07, 6.45) is 2.17. The van der Waals surface area contributed by atoms with Crippen molar-refractivity contribution in [3.8, 4) is 0 Å². The van der Waals surface area contributed by atoms with Crippen molar-refractivity contribution in [1.29, 1.82) is 0 Å². The first kappa shape index (κ1) is 16.0. The molecule has 0 unspecified atom stereocenters. The first-order valence-electron chi connectivity index (χ1n) is 8.52. The summed E-state index contributed by atoms with van der Waals surface area (Å²) in [7, 11) is 0. The van der Waals surface area contributed by atoms with Gasteiger partial charge < -0.3 is 19.9 Å². The Morgan fingerprint density at radius 1 is 1.17 bits per heavy atom. The van der Waals surface area contributed by atoms with E-state index in [4.69, 9.17) is 4.74 Å². The fourth-order valence-electron chi connectivity index (χ4n) is 3.12. The van der Waals surface area contributed by atoms with Gasteiger partial charge in [0.2, 0.25) is 0 Å². The zero-order valence-corrected chi connectivity index (χ0v) is 14.4. The van der Waals surface area contributed by atoms with Crippen LogP contribution in [-0.4, -0.2) is 49.3 Å². The third-order valence-electron chi connectivity index (χ3n) is 4.33. The van der Waals surface area contributed by atoms with Crippen molar-refractivity contribution in [2.45, 2.75) is 39.2 Å². The van der Waals surface area contributed by atoms with Gasteiger partial charge in [-0.25, -0.2) is 4.79 Å². The fourth-order valence-corrected chi connectivity index (χ4v) is 3.12. The van der Waals surface area contributed by atoms with Crippen molar-refractivity contribution in [3.05, 3.63) is 23.8 Å². The average Bonchev–Trinajstić information content (AvgIpc) is 2.53. The minimum atomic E-state index is -0.432. The van der Waals surface area contributed by atoms with Gasteiger partial charge in [0, 0.05) is 44.1 Å². The summed E-state index contributed by atoms with van der Waals surface area (Å²) in [4.78, 5) is 16.3. The molecule has 0 radical (unpaired) electrons. The van der Waals surface area contributed by atoms with E-state index < -0.39 is 5.60 Å². The summed E-state index contributed by atoms with van der Waals surface area (Å²) in [6, 6.07) is 6.68. The van der Waals surface area contributed by atoms with E-state index in [9.17, 15) is 4.79 Å². The highest BCUT2D eigenvalue weighted by Gasteiger charge is 2.26. The molecular weight excluding hydrogens is 290 g/mol. The number of carbonyl (C=O) groups is 1.